The summed E-state index contributed by atoms with van der Waals surface area (Å²) in [4.78, 5) is 0. The van der Waals surface area contributed by atoms with E-state index in [4.69, 9.17) is 11.6 Å². The summed E-state index contributed by atoms with van der Waals surface area (Å²) in [6, 6.07) is 0.451. The van der Waals surface area contributed by atoms with Gasteiger partial charge in [-0.05, 0) is 43.7 Å². The molecule has 1 saturated carbocycles. The van der Waals surface area contributed by atoms with Crippen LogP contribution in [0.2, 0.25) is 5.28 Å². The quantitative estimate of drug-likeness (QED) is 0.806. The molecule has 0 bridgehead atoms. The Labute approximate surface area is 102 Å². The number of rotatable bonds is 4. The first-order chi connectivity index (χ1) is 7.74. The summed E-state index contributed by atoms with van der Waals surface area (Å²) >= 11 is 6.14. The summed E-state index contributed by atoms with van der Waals surface area (Å²) in [5.41, 5.74) is 0. The van der Waals surface area contributed by atoms with Gasteiger partial charge >= 0.3 is 0 Å². The van der Waals surface area contributed by atoms with Crippen LogP contribution in [0.5, 0.6) is 0 Å². The highest BCUT2D eigenvalue weighted by atomic mass is 35.5. The van der Waals surface area contributed by atoms with Crippen molar-refractivity contribution >= 4 is 11.6 Å². The molecule has 1 unspecified atom stereocenters. The average Bonchev–Trinajstić information content (AvgIpc) is 2.88. The molecule has 1 aromatic heterocycles. The second-order valence-corrected chi connectivity index (χ2v) is 5.13. The van der Waals surface area contributed by atoms with E-state index in [2.05, 4.69) is 28.6 Å². The number of halogens is 1. The van der Waals surface area contributed by atoms with E-state index in [0.717, 1.165) is 24.6 Å². The van der Waals surface area contributed by atoms with Crippen LogP contribution in [-0.4, -0.2) is 14.8 Å². The van der Waals surface area contributed by atoms with E-state index in [1.807, 2.05) is 0 Å². The third kappa shape index (κ3) is 2.24. The van der Waals surface area contributed by atoms with Gasteiger partial charge in [-0.3, -0.25) is 4.57 Å². The molecule has 4 heteroatoms. The molecule has 3 nitrogen and oxygen atoms in total. The molecule has 0 spiro atoms. The molecule has 1 heterocycles. The number of nitrogens with zero attached hydrogens (tertiary/aromatic N) is 3. The number of aromatic nitrogens is 3. The molecule has 1 aliphatic rings. The summed E-state index contributed by atoms with van der Waals surface area (Å²) in [5.74, 6) is 1.80. The molecule has 1 aromatic rings. The lowest BCUT2D eigenvalue weighted by atomic mass is 9.99. The minimum absolute atomic E-state index is 0.451. The Morgan fingerprint density at radius 2 is 2.06 bits per heavy atom. The van der Waals surface area contributed by atoms with Gasteiger partial charge in [0, 0.05) is 12.5 Å². The zero-order chi connectivity index (χ0) is 11.5. The van der Waals surface area contributed by atoms with Crippen molar-refractivity contribution in [2.45, 2.75) is 58.4 Å². The molecule has 0 radical (unpaired) electrons. The molecular formula is C12H20ClN3. The predicted octanol–water partition coefficient (Wildman–Crippen LogP) is 3.64. The fourth-order valence-electron chi connectivity index (χ4n) is 2.75. The van der Waals surface area contributed by atoms with Crippen molar-refractivity contribution in [1.82, 2.24) is 14.8 Å². The number of hydrogen-bond acceptors (Lipinski definition) is 2. The molecule has 2 rings (SSSR count). The van der Waals surface area contributed by atoms with Crippen molar-refractivity contribution in [2.75, 3.05) is 0 Å². The van der Waals surface area contributed by atoms with Crippen molar-refractivity contribution in [1.29, 1.82) is 0 Å². The monoisotopic (exact) mass is 241 g/mol. The first-order valence-electron chi connectivity index (χ1n) is 6.33. The molecule has 1 fully saturated rings. The summed E-state index contributed by atoms with van der Waals surface area (Å²) < 4.78 is 2.14. The normalized spacial score (nSPS) is 19.2. The summed E-state index contributed by atoms with van der Waals surface area (Å²) in [6.07, 6.45) is 7.42. The van der Waals surface area contributed by atoms with Crippen molar-refractivity contribution in [3.05, 3.63) is 11.1 Å². The molecular weight excluding hydrogens is 222 g/mol. The SMILES string of the molecule is CCCc1nnc(Cl)n1C(C)C1CCCC1. The van der Waals surface area contributed by atoms with Crippen LogP contribution in [-0.2, 0) is 6.42 Å². The average molecular weight is 242 g/mol. The van der Waals surface area contributed by atoms with Gasteiger partial charge in [0.2, 0.25) is 5.28 Å². The Morgan fingerprint density at radius 3 is 2.69 bits per heavy atom. The lowest BCUT2D eigenvalue weighted by molar-refractivity contribution is 0.352. The second-order valence-electron chi connectivity index (χ2n) is 4.79. The topological polar surface area (TPSA) is 30.7 Å². The fraction of sp³-hybridized carbons (Fsp3) is 0.833. The van der Waals surface area contributed by atoms with E-state index < -0.39 is 0 Å². The van der Waals surface area contributed by atoms with Gasteiger partial charge in [-0.1, -0.05) is 19.8 Å². The van der Waals surface area contributed by atoms with Gasteiger partial charge < -0.3 is 0 Å². The highest BCUT2D eigenvalue weighted by Gasteiger charge is 2.26. The smallest absolute Gasteiger partial charge is 0.225 e. The largest absolute Gasteiger partial charge is 0.299 e. The third-order valence-corrected chi connectivity index (χ3v) is 3.95. The third-order valence-electron chi connectivity index (χ3n) is 3.69. The van der Waals surface area contributed by atoms with Crippen molar-refractivity contribution < 1.29 is 0 Å². The maximum Gasteiger partial charge on any atom is 0.225 e. The first kappa shape index (κ1) is 11.9. The van der Waals surface area contributed by atoms with Crippen LogP contribution in [0.1, 0.15) is 57.8 Å². The lowest BCUT2D eigenvalue weighted by Crippen LogP contribution is -2.17. The van der Waals surface area contributed by atoms with Gasteiger partial charge in [-0.15, -0.1) is 10.2 Å². The van der Waals surface area contributed by atoms with Crippen LogP contribution in [0.4, 0.5) is 0 Å². The molecule has 1 aliphatic carbocycles. The van der Waals surface area contributed by atoms with Gasteiger partial charge in [-0.25, -0.2) is 0 Å². The molecule has 0 aliphatic heterocycles. The minimum Gasteiger partial charge on any atom is -0.299 e. The second kappa shape index (κ2) is 5.17. The van der Waals surface area contributed by atoms with Gasteiger partial charge in [0.15, 0.2) is 0 Å². The van der Waals surface area contributed by atoms with Gasteiger partial charge in [0.1, 0.15) is 5.82 Å². The van der Waals surface area contributed by atoms with Gasteiger partial charge in [0.25, 0.3) is 0 Å². The zero-order valence-corrected chi connectivity index (χ0v) is 10.9. The Hall–Kier alpha value is -0.570. The highest BCUT2D eigenvalue weighted by molar-refractivity contribution is 6.28. The molecule has 0 amide bonds. The van der Waals surface area contributed by atoms with Crippen molar-refractivity contribution in [2.24, 2.45) is 5.92 Å². The van der Waals surface area contributed by atoms with E-state index >= 15 is 0 Å². The first-order valence-corrected chi connectivity index (χ1v) is 6.71. The summed E-state index contributed by atoms with van der Waals surface area (Å²) in [6.45, 7) is 4.41. The van der Waals surface area contributed by atoms with Crippen LogP contribution in [0.15, 0.2) is 0 Å². The number of hydrogen-bond donors (Lipinski definition) is 0. The molecule has 0 aromatic carbocycles. The predicted molar refractivity (Wildman–Crippen MR) is 65.7 cm³/mol. The lowest BCUT2D eigenvalue weighted by Gasteiger charge is -2.22. The Bertz CT molecular complexity index is 342. The van der Waals surface area contributed by atoms with E-state index in [1.165, 1.54) is 25.7 Å². The summed E-state index contributed by atoms with van der Waals surface area (Å²) in [5, 5.41) is 8.74. The maximum atomic E-state index is 6.14. The van der Waals surface area contributed by atoms with Crippen LogP contribution in [0.25, 0.3) is 0 Å². The van der Waals surface area contributed by atoms with Crippen LogP contribution in [0.3, 0.4) is 0 Å². The maximum absolute atomic E-state index is 6.14. The molecule has 90 valence electrons. The fourth-order valence-corrected chi connectivity index (χ4v) is 3.04. The molecule has 0 N–H and O–H groups in total. The van der Waals surface area contributed by atoms with Crippen LogP contribution < -0.4 is 0 Å². The van der Waals surface area contributed by atoms with E-state index in [0.29, 0.717) is 11.3 Å². The van der Waals surface area contributed by atoms with Crippen LogP contribution in [0, 0.1) is 5.92 Å². The highest BCUT2D eigenvalue weighted by Crippen LogP contribution is 2.35. The van der Waals surface area contributed by atoms with E-state index in [-0.39, 0.29) is 0 Å². The molecule has 1 atom stereocenters. The standard InChI is InChI=1S/C12H20ClN3/c1-3-6-11-14-15-12(13)16(11)9(2)10-7-4-5-8-10/h9-10H,3-8H2,1-2H3. The van der Waals surface area contributed by atoms with Gasteiger partial charge in [0.05, 0.1) is 0 Å². The Balaban J connectivity index is 2.19. The molecule has 16 heavy (non-hydrogen) atoms. The Kier molecular flexibility index (Phi) is 3.85. The number of aryl methyl sites for hydroxylation is 1. The minimum atomic E-state index is 0.451. The molecule has 0 saturated heterocycles. The Morgan fingerprint density at radius 1 is 1.38 bits per heavy atom. The van der Waals surface area contributed by atoms with E-state index in [1.54, 1.807) is 0 Å². The van der Waals surface area contributed by atoms with Gasteiger partial charge in [-0.2, -0.15) is 0 Å². The van der Waals surface area contributed by atoms with Crippen molar-refractivity contribution in [3.63, 3.8) is 0 Å². The van der Waals surface area contributed by atoms with Crippen molar-refractivity contribution in [3.8, 4) is 0 Å². The van der Waals surface area contributed by atoms with E-state index in [9.17, 15) is 0 Å². The summed E-state index contributed by atoms with van der Waals surface area (Å²) in [7, 11) is 0. The van der Waals surface area contributed by atoms with Crippen LogP contribution >= 0.6 is 11.6 Å². The zero-order valence-electron chi connectivity index (χ0n) is 10.1.